The van der Waals surface area contributed by atoms with Crippen LogP contribution in [0.4, 0.5) is 8.78 Å². The number of nitrogens with one attached hydrogen (secondary N) is 1. The maximum absolute atomic E-state index is 13.4. The number of halogens is 2. The van der Waals surface area contributed by atoms with E-state index < -0.39 is 17.6 Å². The largest absolute Gasteiger partial charge is 0.480 e. The zero-order valence-corrected chi connectivity index (χ0v) is 11.1. The highest BCUT2D eigenvalue weighted by Gasteiger charge is 2.24. The van der Waals surface area contributed by atoms with Crippen molar-refractivity contribution in [1.82, 2.24) is 15.1 Å². The number of aliphatic carboxylic acids is 1. The van der Waals surface area contributed by atoms with Crippen molar-refractivity contribution in [1.29, 1.82) is 0 Å². The van der Waals surface area contributed by atoms with Gasteiger partial charge in [0.25, 0.3) is 0 Å². The molecular weight excluding hydrogens is 280 g/mol. The molecule has 0 atom stereocenters. The van der Waals surface area contributed by atoms with Crippen LogP contribution in [-0.2, 0) is 17.8 Å². The Morgan fingerprint density at radius 3 is 2.90 bits per heavy atom. The molecule has 0 unspecified atom stereocenters. The number of H-pyrrole nitrogens is 1. The van der Waals surface area contributed by atoms with E-state index in [1.54, 1.807) is 4.90 Å². The number of aromatic nitrogens is 2. The van der Waals surface area contributed by atoms with Crippen LogP contribution >= 0.6 is 0 Å². The van der Waals surface area contributed by atoms with Crippen molar-refractivity contribution in [3.8, 4) is 11.3 Å². The van der Waals surface area contributed by atoms with Gasteiger partial charge in [-0.3, -0.25) is 14.8 Å². The van der Waals surface area contributed by atoms with Gasteiger partial charge in [0.05, 0.1) is 12.2 Å². The molecule has 2 N–H and O–H groups in total. The van der Waals surface area contributed by atoms with Gasteiger partial charge in [-0.1, -0.05) is 0 Å². The number of hydrogen-bond donors (Lipinski definition) is 2. The zero-order valence-electron chi connectivity index (χ0n) is 11.1. The molecule has 1 aliphatic rings. The number of fused-ring (bicyclic) bond motifs is 1. The van der Waals surface area contributed by atoms with E-state index >= 15 is 0 Å². The number of aromatic amines is 1. The van der Waals surface area contributed by atoms with E-state index in [-0.39, 0.29) is 6.54 Å². The molecule has 3 rings (SSSR count). The van der Waals surface area contributed by atoms with E-state index in [0.29, 0.717) is 30.8 Å². The normalized spacial score (nSPS) is 15.0. The smallest absolute Gasteiger partial charge is 0.317 e. The summed E-state index contributed by atoms with van der Waals surface area (Å²) < 4.78 is 26.4. The maximum atomic E-state index is 13.4. The average molecular weight is 293 g/mol. The quantitative estimate of drug-likeness (QED) is 0.905. The number of carboxylic acid groups (broad SMARTS) is 1. The van der Waals surface area contributed by atoms with Crippen molar-refractivity contribution in [3.05, 3.63) is 41.1 Å². The molecule has 0 spiro atoms. The van der Waals surface area contributed by atoms with Crippen molar-refractivity contribution in [2.45, 2.75) is 13.0 Å². The van der Waals surface area contributed by atoms with E-state index in [0.717, 1.165) is 23.4 Å². The van der Waals surface area contributed by atoms with Gasteiger partial charge in [0.1, 0.15) is 0 Å². The molecule has 0 saturated heterocycles. The van der Waals surface area contributed by atoms with Crippen LogP contribution in [0.3, 0.4) is 0 Å². The van der Waals surface area contributed by atoms with Crippen LogP contribution in [0.15, 0.2) is 18.2 Å². The first-order valence-electron chi connectivity index (χ1n) is 6.50. The van der Waals surface area contributed by atoms with Gasteiger partial charge in [-0.2, -0.15) is 5.10 Å². The Kier molecular flexibility index (Phi) is 3.42. The fourth-order valence-corrected chi connectivity index (χ4v) is 2.56. The third kappa shape index (κ3) is 2.64. The van der Waals surface area contributed by atoms with Crippen molar-refractivity contribution in [3.63, 3.8) is 0 Å². The summed E-state index contributed by atoms with van der Waals surface area (Å²) in [5.74, 6) is -2.73. The predicted molar refractivity (Wildman–Crippen MR) is 70.6 cm³/mol. The van der Waals surface area contributed by atoms with Gasteiger partial charge in [0, 0.05) is 36.3 Å². The molecular formula is C14H13F2N3O2. The average Bonchev–Trinajstić information content (AvgIpc) is 2.84. The van der Waals surface area contributed by atoms with E-state index in [9.17, 15) is 13.6 Å². The maximum Gasteiger partial charge on any atom is 0.317 e. The molecule has 2 heterocycles. The number of hydrogen-bond acceptors (Lipinski definition) is 3. The van der Waals surface area contributed by atoms with Gasteiger partial charge in [0.15, 0.2) is 11.6 Å². The lowest BCUT2D eigenvalue weighted by molar-refractivity contribution is -0.138. The summed E-state index contributed by atoms with van der Waals surface area (Å²) in [6.07, 6.45) is 0.652. The van der Waals surface area contributed by atoms with E-state index in [4.69, 9.17) is 5.11 Å². The van der Waals surface area contributed by atoms with Crippen LogP contribution in [0, 0.1) is 11.6 Å². The molecule has 21 heavy (non-hydrogen) atoms. The molecule has 7 heteroatoms. The Morgan fingerprint density at radius 1 is 1.38 bits per heavy atom. The van der Waals surface area contributed by atoms with Crippen molar-refractivity contribution >= 4 is 5.97 Å². The van der Waals surface area contributed by atoms with Gasteiger partial charge in [-0.15, -0.1) is 0 Å². The van der Waals surface area contributed by atoms with Gasteiger partial charge < -0.3 is 5.11 Å². The Balaban J connectivity index is 1.94. The topological polar surface area (TPSA) is 69.2 Å². The lowest BCUT2D eigenvalue weighted by Crippen LogP contribution is -2.34. The van der Waals surface area contributed by atoms with E-state index in [1.807, 2.05) is 0 Å². The summed E-state index contributed by atoms with van der Waals surface area (Å²) in [4.78, 5) is 12.6. The van der Waals surface area contributed by atoms with Crippen LogP contribution in [-0.4, -0.2) is 39.3 Å². The van der Waals surface area contributed by atoms with Crippen LogP contribution in [0.1, 0.15) is 11.3 Å². The first-order chi connectivity index (χ1) is 10.0. The minimum Gasteiger partial charge on any atom is -0.480 e. The fraction of sp³-hybridized carbons (Fsp3) is 0.286. The minimum absolute atomic E-state index is 0.0537. The summed E-state index contributed by atoms with van der Waals surface area (Å²) in [7, 11) is 0. The number of carboxylic acids is 1. The monoisotopic (exact) mass is 293 g/mol. The summed E-state index contributed by atoms with van der Waals surface area (Å²) in [6.45, 7) is 0.993. The zero-order chi connectivity index (χ0) is 15.0. The minimum atomic E-state index is -0.928. The van der Waals surface area contributed by atoms with Crippen LogP contribution in [0.2, 0.25) is 0 Å². The molecule has 0 amide bonds. The number of benzene rings is 1. The molecule has 5 nitrogen and oxygen atoms in total. The third-order valence-corrected chi connectivity index (χ3v) is 3.56. The lowest BCUT2D eigenvalue weighted by Gasteiger charge is -2.25. The molecule has 0 bridgehead atoms. The molecule has 1 aliphatic heterocycles. The Labute approximate surface area is 119 Å². The van der Waals surface area contributed by atoms with Gasteiger partial charge >= 0.3 is 5.97 Å². The lowest BCUT2D eigenvalue weighted by atomic mass is 10.0. The Bertz CT molecular complexity index is 700. The number of rotatable bonds is 3. The van der Waals surface area contributed by atoms with Crippen molar-refractivity contribution < 1.29 is 18.7 Å². The molecule has 0 saturated carbocycles. The number of nitrogens with zero attached hydrogens (tertiary/aromatic N) is 2. The first-order valence-corrected chi connectivity index (χ1v) is 6.50. The molecule has 0 aliphatic carbocycles. The van der Waals surface area contributed by atoms with Crippen LogP contribution in [0.25, 0.3) is 11.3 Å². The summed E-state index contributed by atoms with van der Waals surface area (Å²) in [5.41, 5.74) is 2.77. The standard InChI is InChI=1S/C14H13F2N3O2/c15-10-2-1-8(5-11(10)16)14-9-6-19(7-13(20)21)4-3-12(9)17-18-14/h1-2,5H,3-4,6-7H2,(H,17,18)(H,20,21). The van der Waals surface area contributed by atoms with Gasteiger partial charge in [-0.25, -0.2) is 8.78 Å². The van der Waals surface area contributed by atoms with Crippen LogP contribution < -0.4 is 0 Å². The second kappa shape index (κ2) is 5.25. The Hall–Kier alpha value is -2.28. The molecule has 0 fully saturated rings. The van der Waals surface area contributed by atoms with Gasteiger partial charge in [0.2, 0.25) is 0 Å². The van der Waals surface area contributed by atoms with Crippen molar-refractivity contribution in [2.24, 2.45) is 0 Å². The highest BCUT2D eigenvalue weighted by molar-refractivity contribution is 5.69. The highest BCUT2D eigenvalue weighted by atomic mass is 19.2. The second-order valence-corrected chi connectivity index (χ2v) is 5.01. The van der Waals surface area contributed by atoms with Crippen LogP contribution in [0.5, 0.6) is 0 Å². The molecule has 1 aromatic heterocycles. The van der Waals surface area contributed by atoms with Gasteiger partial charge in [-0.05, 0) is 18.2 Å². The second-order valence-electron chi connectivity index (χ2n) is 5.01. The molecule has 110 valence electrons. The first kappa shape index (κ1) is 13.7. The molecule has 2 aromatic rings. The van der Waals surface area contributed by atoms with E-state index in [1.165, 1.54) is 6.07 Å². The van der Waals surface area contributed by atoms with Crippen molar-refractivity contribution in [2.75, 3.05) is 13.1 Å². The summed E-state index contributed by atoms with van der Waals surface area (Å²) >= 11 is 0. The molecule has 0 radical (unpaired) electrons. The summed E-state index contributed by atoms with van der Waals surface area (Å²) in [5, 5.41) is 15.9. The number of carbonyl (C=O) groups is 1. The highest BCUT2D eigenvalue weighted by Crippen LogP contribution is 2.29. The predicted octanol–water partition coefficient (Wildman–Crippen LogP) is 1.80. The SMILES string of the molecule is O=C(O)CN1CCc2[nH]nc(-c3ccc(F)c(F)c3)c2C1. The third-order valence-electron chi connectivity index (χ3n) is 3.56. The Morgan fingerprint density at radius 2 is 2.19 bits per heavy atom. The van der Waals surface area contributed by atoms with E-state index in [2.05, 4.69) is 10.2 Å². The summed E-state index contributed by atoms with van der Waals surface area (Å²) in [6, 6.07) is 3.62. The fourth-order valence-electron chi connectivity index (χ4n) is 2.56. The molecule has 1 aromatic carbocycles.